The second-order valence-electron chi connectivity index (χ2n) is 4.64. The third kappa shape index (κ3) is 3.88. The van der Waals surface area contributed by atoms with Gasteiger partial charge >= 0.3 is 0 Å². The Morgan fingerprint density at radius 3 is 2.64 bits per heavy atom. The molecule has 0 radical (unpaired) electrons. The van der Waals surface area contributed by atoms with E-state index in [2.05, 4.69) is 5.32 Å². The van der Waals surface area contributed by atoms with Crippen molar-refractivity contribution in [1.82, 2.24) is 0 Å². The number of aryl methyl sites for hydroxylation is 1. The van der Waals surface area contributed by atoms with Crippen LogP contribution in [0, 0.1) is 18.3 Å². The van der Waals surface area contributed by atoms with Crippen LogP contribution in [0.1, 0.15) is 11.1 Å². The van der Waals surface area contributed by atoms with Crippen molar-refractivity contribution in [2.24, 2.45) is 0 Å². The van der Waals surface area contributed by atoms with Gasteiger partial charge in [-0.1, -0.05) is 59.1 Å². The summed E-state index contributed by atoms with van der Waals surface area (Å²) in [5.41, 5.74) is 2.18. The lowest BCUT2D eigenvalue weighted by Gasteiger charge is -2.07. The van der Waals surface area contributed by atoms with Crippen LogP contribution in [0.25, 0.3) is 6.08 Å². The van der Waals surface area contributed by atoms with Crippen molar-refractivity contribution in [2.45, 2.75) is 6.92 Å². The molecule has 0 bridgehead atoms. The summed E-state index contributed by atoms with van der Waals surface area (Å²) in [5, 5.41) is 12.4. The van der Waals surface area contributed by atoms with Gasteiger partial charge in [0.1, 0.15) is 11.6 Å². The summed E-state index contributed by atoms with van der Waals surface area (Å²) in [7, 11) is 0. The van der Waals surface area contributed by atoms with E-state index in [1.807, 2.05) is 37.3 Å². The van der Waals surface area contributed by atoms with Crippen LogP contribution in [0.4, 0.5) is 5.69 Å². The number of nitriles is 1. The molecule has 2 rings (SSSR count). The second-order valence-corrected chi connectivity index (χ2v) is 5.42. The van der Waals surface area contributed by atoms with Gasteiger partial charge in [-0.3, -0.25) is 4.79 Å². The lowest BCUT2D eigenvalue weighted by Crippen LogP contribution is -2.13. The molecule has 0 spiro atoms. The molecule has 3 nitrogen and oxygen atoms in total. The molecular weight excluding hydrogens is 319 g/mol. The summed E-state index contributed by atoms with van der Waals surface area (Å²) >= 11 is 11.9. The highest BCUT2D eigenvalue weighted by molar-refractivity contribution is 6.44. The van der Waals surface area contributed by atoms with E-state index >= 15 is 0 Å². The van der Waals surface area contributed by atoms with Gasteiger partial charge in [0.05, 0.1) is 15.7 Å². The smallest absolute Gasteiger partial charge is 0.266 e. The van der Waals surface area contributed by atoms with Crippen molar-refractivity contribution in [2.75, 3.05) is 5.32 Å². The maximum Gasteiger partial charge on any atom is 0.266 e. The Bertz CT molecular complexity index is 791. The van der Waals surface area contributed by atoms with Crippen LogP contribution in [-0.4, -0.2) is 5.91 Å². The molecule has 0 atom stereocenters. The topological polar surface area (TPSA) is 52.9 Å². The zero-order valence-electron chi connectivity index (χ0n) is 11.7. The van der Waals surface area contributed by atoms with Crippen molar-refractivity contribution >= 4 is 40.9 Å². The first-order valence-corrected chi connectivity index (χ1v) is 7.20. The van der Waals surface area contributed by atoms with E-state index < -0.39 is 5.91 Å². The van der Waals surface area contributed by atoms with Gasteiger partial charge in [0.2, 0.25) is 0 Å². The Morgan fingerprint density at radius 2 is 1.95 bits per heavy atom. The molecule has 0 unspecified atom stereocenters. The van der Waals surface area contributed by atoms with Crippen molar-refractivity contribution in [3.8, 4) is 6.07 Å². The third-order valence-electron chi connectivity index (χ3n) is 2.92. The number of amides is 1. The highest BCUT2D eigenvalue weighted by Crippen LogP contribution is 2.29. The number of nitrogens with zero attached hydrogens (tertiary/aromatic N) is 1. The predicted molar refractivity (Wildman–Crippen MR) is 89.9 cm³/mol. The van der Waals surface area contributed by atoms with Gasteiger partial charge in [-0.15, -0.1) is 0 Å². The molecule has 2 aromatic rings. The highest BCUT2D eigenvalue weighted by Gasteiger charge is 2.12. The van der Waals surface area contributed by atoms with Crippen molar-refractivity contribution in [3.05, 3.63) is 69.2 Å². The van der Waals surface area contributed by atoms with Crippen LogP contribution in [-0.2, 0) is 4.79 Å². The minimum atomic E-state index is -0.534. The molecule has 0 aliphatic rings. The quantitative estimate of drug-likeness (QED) is 0.646. The molecule has 0 aromatic heterocycles. The van der Waals surface area contributed by atoms with Gasteiger partial charge in [-0.05, 0) is 30.7 Å². The van der Waals surface area contributed by atoms with E-state index in [1.54, 1.807) is 18.2 Å². The average molecular weight is 331 g/mol. The number of rotatable bonds is 3. The standard InChI is InChI=1S/C17H12Cl2N2O/c1-11-4-2-5-12(8-11)9-13(10-20)17(22)21-15-7-3-6-14(18)16(15)19/h2-9H,1H3,(H,21,22)/b13-9+. The molecule has 0 saturated heterocycles. The van der Waals surface area contributed by atoms with Crippen LogP contribution >= 0.6 is 23.2 Å². The molecule has 2 aromatic carbocycles. The first-order chi connectivity index (χ1) is 10.5. The van der Waals surface area contributed by atoms with Gasteiger partial charge < -0.3 is 5.32 Å². The number of anilines is 1. The fourth-order valence-electron chi connectivity index (χ4n) is 1.87. The number of halogens is 2. The fraction of sp³-hybridized carbons (Fsp3) is 0.0588. The van der Waals surface area contributed by atoms with Gasteiger partial charge in [-0.25, -0.2) is 0 Å². The number of carbonyl (C=O) groups excluding carboxylic acids is 1. The van der Waals surface area contributed by atoms with E-state index in [1.165, 1.54) is 6.08 Å². The Balaban J connectivity index is 2.26. The average Bonchev–Trinajstić information content (AvgIpc) is 2.49. The molecule has 0 fully saturated rings. The minimum absolute atomic E-state index is 0.0124. The number of hydrogen-bond donors (Lipinski definition) is 1. The Labute approximate surface area is 138 Å². The first kappa shape index (κ1) is 16.1. The Hall–Kier alpha value is -2.28. The van der Waals surface area contributed by atoms with E-state index in [0.717, 1.165) is 11.1 Å². The summed E-state index contributed by atoms with van der Waals surface area (Å²) in [5.74, 6) is -0.534. The molecule has 1 amide bonds. The van der Waals surface area contributed by atoms with Gasteiger partial charge in [-0.2, -0.15) is 5.26 Å². The van der Waals surface area contributed by atoms with Gasteiger partial charge in [0.15, 0.2) is 0 Å². The maximum absolute atomic E-state index is 12.2. The van der Waals surface area contributed by atoms with Crippen molar-refractivity contribution in [1.29, 1.82) is 5.26 Å². The SMILES string of the molecule is Cc1cccc(/C=C(\C#N)C(=O)Nc2cccc(Cl)c2Cl)c1. The van der Waals surface area contributed by atoms with Crippen LogP contribution < -0.4 is 5.32 Å². The molecule has 0 heterocycles. The summed E-state index contributed by atoms with van der Waals surface area (Å²) in [4.78, 5) is 12.2. The predicted octanol–water partition coefficient (Wildman–Crippen LogP) is 4.85. The monoisotopic (exact) mass is 330 g/mol. The second kappa shape index (κ2) is 7.13. The normalized spacial score (nSPS) is 10.9. The number of hydrogen-bond acceptors (Lipinski definition) is 2. The van der Waals surface area contributed by atoms with Crippen molar-refractivity contribution < 1.29 is 4.79 Å². The van der Waals surface area contributed by atoms with Gasteiger partial charge in [0, 0.05) is 0 Å². The molecule has 1 N–H and O–H groups in total. The highest BCUT2D eigenvalue weighted by atomic mass is 35.5. The number of benzene rings is 2. The van der Waals surface area contributed by atoms with Gasteiger partial charge in [0.25, 0.3) is 5.91 Å². The largest absolute Gasteiger partial charge is 0.320 e. The van der Waals surface area contributed by atoms with E-state index in [4.69, 9.17) is 23.2 Å². The van der Waals surface area contributed by atoms with E-state index in [-0.39, 0.29) is 10.6 Å². The summed E-state index contributed by atoms with van der Waals surface area (Å²) < 4.78 is 0. The van der Waals surface area contributed by atoms with E-state index in [0.29, 0.717) is 10.7 Å². The van der Waals surface area contributed by atoms with Crippen molar-refractivity contribution in [3.63, 3.8) is 0 Å². The summed E-state index contributed by atoms with van der Waals surface area (Å²) in [6.45, 7) is 1.94. The number of carbonyl (C=O) groups is 1. The molecule has 0 saturated carbocycles. The van der Waals surface area contributed by atoms with Crippen LogP contribution in [0.5, 0.6) is 0 Å². The minimum Gasteiger partial charge on any atom is -0.320 e. The molecule has 22 heavy (non-hydrogen) atoms. The molecule has 0 aliphatic carbocycles. The molecule has 110 valence electrons. The maximum atomic E-state index is 12.2. The van der Waals surface area contributed by atoms with E-state index in [9.17, 15) is 10.1 Å². The first-order valence-electron chi connectivity index (χ1n) is 6.45. The fourth-order valence-corrected chi connectivity index (χ4v) is 2.21. The van der Waals surface area contributed by atoms with Crippen LogP contribution in [0.3, 0.4) is 0 Å². The van der Waals surface area contributed by atoms with Crippen LogP contribution in [0.2, 0.25) is 10.0 Å². The third-order valence-corrected chi connectivity index (χ3v) is 3.74. The zero-order valence-corrected chi connectivity index (χ0v) is 13.2. The summed E-state index contributed by atoms with van der Waals surface area (Å²) in [6.07, 6.45) is 1.53. The van der Waals surface area contributed by atoms with Crippen LogP contribution in [0.15, 0.2) is 48.0 Å². The Kier molecular flexibility index (Phi) is 5.21. The molecule has 5 heteroatoms. The summed E-state index contributed by atoms with van der Waals surface area (Å²) in [6, 6.07) is 14.3. The Morgan fingerprint density at radius 1 is 1.23 bits per heavy atom. The molecule has 0 aliphatic heterocycles. The zero-order chi connectivity index (χ0) is 16.1. The lowest BCUT2D eigenvalue weighted by molar-refractivity contribution is -0.112. The number of nitrogens with one attached hydrogen (secondary N) is 1. The lowest BCUT2D eigenvalue weighted by atomic mass is 10.1. The molecular formula is C17H12Cl2N2O.